The Bertz CT molecular complexity index is 1460. The van der Waals surface area contributed by atoms with E-state index in [1.54, 1.807) is 41.3 Å². The lowest BCUT2D eigenvalue weighted by Gasteiger charge is -2.35. The van der Waals surface area contributed by atoms with Crippen molar-refractivity contribution in [3.63, 3.8) is 0 Å². The number of rotatable bonds is 4. The van der Waals surface area contributed by atoms with Crippen LogP contribution in [-0.4, -0.2) is 16.2 Å². The zero-order chi connectivity index (χ0) is 24.7. The largest absolute Gasteiger partial charge is 0.334 e. The van der Waals surface area contributed by atoms with Crippen molar-refractivity contribution in [2.75, 3.05) is 4.90 Å². The molecule has 1 unspecified atom stereocenters. The summed E-state index contributed by atoms with van der Waals surface area (Å²) in [7, 11) is 0. The SMILES string of the molecule is CC1=C(c2nc(-c3ccc(Cl)cc3)no2)C(c2cccc(F)c2)NC(=O)N1c1ccc(C)c(C)c1. The first-order chi connectivity index (χ1) is 16.8. The van der Waals surface area contributed by atoms with Gasteiger partial charge in [-0.25, -0.2) is 9.18 Å². The number of halogens is 2. The molecule has 176 valence electrons. The van der Waals surface area contributed by atoms with Gasteiger partial charge in [0.2, 0.25) is 5.82 Å². The van der Waals surface area contributed by atoms with Crippen LogP contribution in [0.2, 0.25) is 5.02 Å². The topological polar surface area (TPSA) is 71.3 Å². The van der Waals surface area contributed by atoms with Gasteiger partial charge in [-0.1, -0.05) is 35.0 Å². The number of allylic oxidation sites excluding steroid dienone is 1. The maximum atomic E-state index is 14.1. The average Bonchev–Trinajstić information content (AvgIpc) is 3.31. The van der Waals surface area contributed by atoms with Gasteiger partial charge in [-0.05, 0) is 86.0 Å². The Hall–Kier alpha value is -3.97. The minimum Gasteiger partial charge on any atom is -0.334 e. The van der Waals surface area contributed by atoms with Crippen LogP contribution in [0.25, 0.3) is 17.0 Å². The second kappa shape index (κ2) is 9.00. The van der Waals surface area contributed by atoms with Crippen molar-refractivity contribution < 1.29 is 13.7 Å². The quantitative estimate of drug-likeness (QED) is 0.341. The summed E-state index contributed by atoms with van der Waals surface area (Å²) in [6.07, 6.45) is 0. The fourth-order valence-corrected chi connectivity index (χ4v) is 4.31. The maximum absolute atomic E-state index is 14.1. The molecular formula is C27H22ClFN4O2. The average molecular weight is 489 g/mol. The Kier molecular flexibility index (Phi) is 5.86. The van der Waals surface area contributed by atoms with Crippen LogP contribution >= 0.6 is 11.6 Å². The van der Waals surface area contributed by atoms with E-state index in [1.165, 1.54) is 12.1 Å². The Balaban J connectivity index is 1.66. The van der Waals surface area contributed by atoms with E-state index in [9.17, 15) is 9.18 Å². The van der Waals surface area contributed by atoms with Gasteiger partial charge in [-0.2, -0.15) is 4.98 Å². The molecule has 3 aromatic carbocycles. The molecule has 1 aliphatic rings. The van der Waals surface area contributed by atoms with Crippen LogP contribution in [0.4, 0.5) is 14.9 Å². The number of amides is 2. The summed E-state index contributed by atoms with van der Waals surface area (Å²) < 4.78 is 19.8. The summed E-state index contributed by atoms with van der Waals surface area (Å²) in [6, 6.07) is 18.0. The highest BCUT2D eigenvalue weighted by Gasteiger charge is 2.36. The van der Waals surface area contributed by atoms with E-state index in [-0.39, 0.29) is 11.9 Å². The number of hydrogen-bond donors (Lipinski definition) is 1. The molecule has 0 bridgehead atoms. The van der Waals surface area contributed by atoms with E-state index in [4.69, 9.17) is 16.1 Å². The smallest absolute Gasteiger partial charge is 0.326 e. The molecule has 1 atom stereocenters. The van der Waals surface area contributed by atoms with E-state index >= 15 is 0 Å². The molecule has 1 aliphatic heterocycles. The maximum Gasteiger partial charge on any atom is 0.326 e. The molecule has 0 radical (unpaired) electrons. The third-order valence-electron chi connectivity index (χ3n) is 6.17. The molecule has 2 heterocycles. The first-order valence-corrected chi connectivity index (χ1v) is 11.4. The number of anilines is 1. The summed E-state index contributed by atoms with van der Waals surface area (Å²) in [5.74, 6) is 0.206. The van der Waals surface area contributed by atoms with Gasteiger partial charge in [0.1, 0.15) is 5.82 Å². The molecule has 1 aromatic heterocycles. The molecule has 5 rings (SSSR count). The second-order valence-corrected chi connectivity index (χ2v) is 8.91. The van der Waals surface area contributed by atoms with E-state index in [0.29, 0.717) is 33.4 Å². The highest BCUT2D eigenvalue weighted by Crippen LogP contribution is 2.39. The molecular weight excluding hydrogens is 467 g/mol. The van der Waals surface area contributed by atoms with E-state index in [2.05, 4.69) is 15.5 Å². The summed E-state index contributed by atoms with van der Waals surface area (Å²) in [5, 5.41) is 7.74. The summed E-state index contributed by atoms with van der Waals surface area (Å²) in [4.78, 5) is 19.5. The number of nitrogens with one attached hydrogen (secondary N) is 1. The van der Waals surface area contributed by atoms with Crippen LogP contribution in [0.3, 0.4) is 0 Å². The van der Waals surface area contributed by atoms with Crippen molar-refractivity contribution in [1.29, 1.82) is 0 Å². The van der Waals surface area contributed by atoms with Crippen molar-refractivity contribution in [3.8, 4) is 11.4 Å². The number of aryl methyl sites for hydroxylation is 2. The van der Waals surface area contributed by atoms with Gasteiger partial charge >= 0.3 is 6.03 Å². The predicted octanol–water partition coefficient (Wildman–Crippen LogP) is 6.85. The lowest BCUT2D eigenvalue weighted by molar-refractivity contribution is 0.244. The molecule has 6 nitrogen and oxygen atoms in total. The molecule has 0 spiro atoms. The molecule has 2 amide bonds. The van der Waals surface area contributed by atoms with Gasteiger partial charge in [-0.15, -0.1) is 0 Å². The molecule has 0 aliphatic carbocycles. The fourth-order valence-electron chi connectivity index (χ4n) is 4.18. The Morgan fingerprint density at radius 3 is 2.49 bits per heavy atom. The lowest BCUT2D eigenvalue weighted by atomic mass is 9.94. The number of carbonyl (C=O) groups is 1. The molecule has 35 heavy (non-hydrogen) atoms. The minimum absolute atomic E-state index is 0.232. The van der Waals surface area contributed by atoms with E-state index in [0.717, 1.165) is 16.7 Å². The number of benzene rings is 3. The molecule has 4 aromatic rings. The van der Waals surface area contributed by atoms with Gasteiger partial charge in [0, 0.05) is 16.3 Å². The number of carbonyl (C=O) groups excluding carboxylic acids is 1. The molecule has 0 saturated heterocycles. The van der Waals surface area contributed by atoms with Crippen LogP contribution in [0.1, 0.15) is 35.5 Å². The van der Waals surface area contributed by atoms with Crippen molar-refractivity contribution in [2.45, 2.75) is 26.8 Å². The van der Waals surface area contributed by atoms with Gasteiger partial charge in [-0.3, -0.25) is 4.90 Å². The van der Waals surface area contributed by atoms with Crippen molar-refractivity contribution >= 4 is 28.9 Å². The first kappa shape index (κ1) is 22.8. The lowest BCUT2D eigenvalue weighted by Crippen LogP contribution is -2.46. The third kappa shape index (κ3) is 4.31. The zero-order valence-electron chi connectivity index (χ0n) is 19.3. The summed E-state index contributed by atoms with van der Waals surface area (Å²) in [6.45, 7) is 5.83. The normalized spacial score (nSPS) is 16.0. The van der Waals surface area contributed by atoms with Gasteiger partial charge < -0.3 is 9.84 Å². The zero-order valence-corrected chi connectivity index (χ0v) is 20.1. The highest BCUT2D eigenvalue weighted by molar-refractivity contribution is 6.30. The number of urea groups is 1. The van der Waals surface area contributed by atoms with Crippen molar-refractivity contribution in [3.05, 3.63) is 106 Å². The van der Waals surface area contributed by atoms with Crippen LogP contribution in [0.5, 0.6) is 0 Å². The highest BCUT2D eigenvalue weighted by atomic mass is 35.5. The first-order valence-electron chi connectivity index (χ1n) is 11.1. The molecule has 8 heteroatoms. The van der Waals surface area contributed by atoms with Crippen LogP contribution in [0, 0.1) is 19.7 Å². The molecule has 1 N–H and O–H groups in total. The molecule has 0 saturated carbocycles. The standard InChI is InChI=1S/C27H22ClFN4O2/c1-15-7-12-22(13-16(15)2)33-17(3)23(24(30-27(33)34)19-5-4-6-21(29)14-19)26-31-25(32-35-26)18-8-10-20(28)11-9-18/h4-14,24H,1-3H3,(H,30,34). The Morgan fingerprint density at radius 2 is 1.77 bits per heavy atom. The van der Waals surface area contributed by atoms with Crippen LogP contribution in [-0.2, 0) is 0 Å². The Morgan fingerprint density at radius 1 is 1.00 bits per heavy atom. The summed E-state index contributed by atoms with van der Waals surface area (Å²) >= 11 is 6.01. The predicted molar refractivity (Wildman–Crippen MR) is 133 cm³/mol. The monoisotopic (exact) mass is 488 g/mol. The summed E-state index contributed by atoms with van der Waals surface area (Å²) in [5.41, 5.74) is 5.37. The van der Waals surface area contributed by atoms with Gasteiger partial charge in [0.15, 0.2) is 0 Å². The van der Waals surface area contributed by atoms with Crippen LogP contribution in [0.15, 0.2) is 77.0 Å². The number of aromatic nitrogens is 2. The van der Waals surface area contributed by atoms with Crippen molar-refractivity contribution in [1.82, 2.24) is 15.5 Å². The third-order valence-corrected chi connectivity index (χ3v) is 6.43. The molecule has 0 fully saturated rings. The second-order valence-electron chi connectivity index (χ2n) is 8.47. The number of nitrogens with zero attached hydrogens (tertiary/aromatic N) is 3. The van der Waals surface area contributed by atoms with E-state index < -0.39 is 11.9 Å². The van der Waals surface area contributed by atoms with E-state index in [1.807, 2.05) is 39.0 Å². The minimum atomic E-state index is -0.681. The van der Waals surface area contributed by atoms with Crippen LogP contribution < -0.4 is 10.2 Å². The van der Waals surface area contributed by atoms with Crippen molar-refractivity contribution in [2.24, 2.45) is 0 Å². The van der Waals surface area contributed by atoms with Gasteiger partial charge in [0.05, 0.1) is 17.3 Å². The Labute approximate surface area is 207 Å². The van der Waals surface area contributed by atoms with Gasteiger partial charge in [0.25, 0.3) is 5.89 Å². The fraction of sp³-hybridized carbons (Fsp3) is 0.148. The number of hydrogen-bond acceptors (Lipinski definition) is 4.